The zero-order chi connectivity index (χ0) is 29.2. The summed E-state index contributed by atoms with van der Waals surface area (Å²) in [6.45, 7) is 2.97. The minimum atomic E-state index is -4.53. The van der Waals surface area contributed by atoms with Crippen LogP contribution in [0.4, 0.5) is 23.7 Å². The van der Waals surface area contributed by atoms with Gasteiger partial charge >= 0.3 is 12.2 Å². The molecule has 1 fully saturated rings. The van der Waals surface area contributed by atoms with E-state index in [2.05, 4.69) is 10.3 Å². The van der Waals surface area contributed by atoms with Crippen molar-refractivity contribution in [2.24, 2.45) is 10.7 Å². The maximum absolute atomic E-state index is 12.9. The highest BCUT2D eigenvalue weighted by Crippen LogP contribution is 2.26. The van der Waals surface area contributed by atoms with Crippen molar-refractivity contribution in [3.8, 4) is 0 Å². The first-order valence-electron chi connectivity index (χ1n) is 12.2. The standard InChI is InChI=1S/C25H24Cl2F3N5O2.C2H6/c26-16-6-4-15(5-7-16)23(32)35(11-10-25(28,29)30)24(37)33-14-21(31)20-13-19(36)8-9-22(20)34-18-3-1-2-17(27)12-18;1-2/h1-7,12,32H,8-11,13-14,31H2,(H,33,37);1-2H3/b21-20-,32-23?,34-22?;. The molecule has 210 valence electrons. The highest BCUT2D eigenvalue weighted by Gasteiger charge is 2.31. The van der Waals surface area contributed by atoms with Gasteiger partial charge in [-0.15, -0.1) is 0 Å². The van der Waals surface area contributed by atoms with Crippen molar-refractivity contribution in [1.29, 1.82) is 5.41 Å². The van der Waals surface area contributed by atoms with Gasteiger partial charge in [0, 0.05) is 52.0 Å². The van der Waals surface area contributed by atoms with E-state index >= 15 is 0 Å². The summed E-state index contributed by atoms with van der Waals surface area (Å²) < 4.78 is 38.7. The van der Waals surface area contributed by atoms with Gasteiger partial charge in [0.05, 0.1) is 18.7 Å². The molecule has 1 saturated carbocycles. The van der Waals surface area contributed by atoms with Crippen molar-refractivity contribution < 1.29 is 22.8 Å². The topological polar surface area (TPSA) is 112 Å². The number of hydrogen-bond donors (Lipinski definition) is 3. The van der Waals surface area contributed by atoms with E-state index in [0.29, 0.717) is 38.3 Å². The van der Waals surface area contributed by atoms with Gasteiger partial charge in [0.2, 0.25) is 0 Å². The first-order chi connectivity index (χ1) is 18.4. The number of nitrogens with zero attached hydrogens (tertiary/aromatic N) is 2. The van der Waals surface area contributed by atoms with Crippen LogP contribution in [-0.2, 0) is 4.79 Å². The van der Waals surface area contributed by atoms with Gasteiger partial charge in [0.15, 0.2) is 0 Å². The third-order valence-corrected chi connectivity index (χ3v) is 5.99. The summed E-state index contributed by atoms with van der Waals surface area (Å²) in [5.74, 6) is -0.480. The van der Waals surface area contributed by atoms with E-state index < -0.39 is 31.0 Å². The molecule has 39 heavy (non-hydrogen) atoms. The fourth-order valence-corrected chi connectivity index (χ4v) is 3.92. The van der Waals surface area contributed by atoms with E-state index in [0.717, 1.165) is 0 Å². The number of urea groups is 1. The zero-order valence-corrected chi connectivity index (χ0v) is 23.1. The Bertz CT molecular complexity index is 1240. The molecule has 0 bridgehead atoms. The van der Waals surface area contributed by atoms with Crippen LogP contribution in [-0.4, -0.2) is 47.5 Å². The van der Waals surface area contributed by atoms with Crippen LogP contribution in [0.25, 0.3) is 0 Å². The fourth-order valence-electron chi connectivity index (χ4n) is 3.61. The molecule has 0 atom stereocenters. The quantitative estimate of drug-likeness (QED) is 0.250. The minimum absolute atomic E-state index is 0.0134. The molecule has 12 heteroatoms. The second-order valence-corrected chi connectivity index (χ2v) is 9.16. The smallest absolute Gasteiger partial charge is 0.390 e. The van der Waals surface area contributed by atoms with Crippen LogP contribution in [0.2, 0.25) is 10.0 Å². The number of benzene rings is 2. The van der Waals surface area contributed by atoms with E-state index in [1.165, 1.54) is 24.3 Å². The predicted octanol–water partition coefficient (Wildman–Crippen LogP) is 7.05. The fraction of sp³-hybridized carbons (Fsp3) is 0.333. The molecule has 0 spiro atoms. The monoisotopic (exact) mass is 583 g/mol. The molecule has 2 amide bonds. The van der Waals surface area contributed by atoms with E-state index in [9.17, 15) is 22.8 Å². The number of ketones is 1. The molecule has 7 nitrogen and oxygen atoms in total. The Kier molecular flexibility index (Phi) is 12.0. The lowest BCUT2D eigenvalue weighted by Crippen LogP contribution is -2.46. The molecule has 2 aromatic carbocycles. The molecule has 0 saturated heterocycles. The maximum Gasteiger partial charge on any atom is 0.390 e. The molecular formula is C27H30Cl2F3N5O2. The molecule has 0 aromatic heterocycles. The molecule has 0 radical (unpaired) electrons. The number of carbonyl (C=O) groups is 2. The molecule has 1 aliphatic carbocycles. The second kappa shape index (κ2) is 14.7. The number of nitrogens with two attached hydrogens (primary N) is 1. The summed E-state index contributed by atoms with van der Waals surface area (Å²) in [5.41, 5.74) is 8.16. The highest BCUT2D eigenvalue weighted by atomic mass is 35.5. The number of rotatable bonds is 6. The van der Waals surface area contributed by atoms with Crippen molar-refractivity contribution in [3.63, 3.8) is 0 Å². The van der Waals surface area contributed by atoms with Crippen molar-refractivity contribution >= 4 is 52.3 Å². The first kappa shape index (κ1) is 31.8. The normalized spacial score (nSPS) is 15.8. The number of amides is 2. The van der Waals surface area contributed by atoms with Gasteiger partial charge in [0.25, 0.3) is 0 Å². The predicted molar refractivity (Wildman–Crippen MR) is 149 cm³/mol. The van der Waals surface area contributed by atoms with Gasteiger partial charge < -0.3 is 11.1 Å². The number of nitrogens with one attached hydrogen (secondary N) is 2. The third kappa shape index (κ3) is 10.0. The molecule has 3 rings (SSSR count). The zero-order valence-electron chi connectivity index (χ0n) is 21.5. The number of hydrogen-bond acceptors (Lipinski definition) is 5. The third-order valence-electron chi connectivity index (χ3n) is 5.50. The lowest BCUT2D eigenvalue weighted by Gasteiger charge is -2.25. The number of halogens is 5. The summed E-state index contributed by atoms with van der Waals surface area (Å²) in [5, 5.41) is 11.6. The van der Waals surface area contributed by atoms with Gasteiger partial charge in [-0.2, -0.15) is 13.2 Å². The van der Waals surface area contributed by atoms with Crippen molar-refractivity contribution in [3.05, 3.63) is 75.4 Å². The van der Waals surface area contributed by atoms with E-state index in [4.69, 9.17) is 34.3 Å². The molecule has 2 aromatic rings. The molecule has 4 N–H and O–H groups in total. The number of amidine groups is 1. The summed E-state index contributed by atoms with van der Waals surface area (Å²) >= 11 is 11.9. The Labute approximate surface area is 235 Å². The summed E-state index contributed by atoms with van der Waals surface area (Å²) in [6, 6.07) is 11.7. The Morgan fingerprint density at radius 3 is 2.38 bits per heavy atom. The van der Waals surface area contributed by atoms with Crippen LogP contribution in [0, 0.1) is 5.41 Å². The Hall–Kier alpha value is -3.37. The summed E-state index contributed by atoms with van der Waals surface area (Å²) in [7, 11) is 0. The lowest BCUT2D eigenvalue weighted by molar-refractivity contribution is -0.135. The second-order valence-electron chi connectivity index (χ2n) is 8.29. The van der Waals surface area contributed by atoms with Gasteiger partial charge in [-0.1, -0.05) is 43.1 Å². The van der Waals surface area contributed by atoms with Crippen molar-refractivity contribution in [1.82, 2.24) is 10.2 Å². The number of allylic oxidation sites excluding steroid dienone is 1. The Morgan fingerprint density at radius 1 is 1.10 bits per heavy atom. The van der Waals surface area contributed by atoms with Gasteiger partial charge in [-0.3, -0.25) is 20.1 Å². The van der Waals surface area contributed by atoms with Crippen molar-refractivity contribution in [2.75, 3.05) is 13.1 Å². The van der Waals surface area contributed by atoms with E-state index in [1.54, 1.807) is 24.3 Å². The SMILES string of the molecule is CC.N=C(c1ccc(Cl)cc1)N(CCC(F)(F)F)C(=O)NC/C(N)=C1\CC(=O)CCC1=Nc1cccc(Cl)c1. The average molecular weight is 584 g/mol. The summed E-state index contributed by atoms with van der Waals surface area (Å²) in [4.78, 5) is 30.3. The van der Waals surface area contributed by atoms with Crippen LogP contribution < -0.4 is 11.1 Å². The highest BCUT2D eigenvalue weighted by molar-refractivity contribution is 6.31. The molecule has 1 aliphatic rings. The van der Waals surface area contributed by atoms with E-state index in [-0.39, 0.29) is 36.4 Å². The number of alkyl halides is 3. The van der Waals surface area contributed by atoms with Crippen LogP contribution in [0.3, 0.4) is 0 Å². The minimum Gasteiger partial charge on any atom is -0.400 e. The molecular weight excluding hydrogens is 554 g/mol. The number of Topliss-reactive ketones (excluding diaryl/α,β-unsaturated/α-hetero) is 1. The van der Waals surface area contributed by atoms with E-state index in [1.807, 2.05) is 13.8 Å². The van der Waals surface area contributed by atoms with Crippen LogP contribution >= 0.6 is 23.2 Å². The Morgan fingerprint density at radius 2 is 1.77 bits per heavy atom. The first-order valence-corrected chi connectivity index (χ1v) is 13.0. The van der Waals surface area contributed by atoms with Gasteiger partial charge in [-0.25, -0.2) is 4.79 Å². The average Bonchev–Trinajstić information content (AvgIpc) is 2.89. The van der Waals surface area contributed by atoms with Gasteiger partial charge in [0.1, 0.15) is 11.6 Å². The van der Waals surface area contributed by atoms with Crippen LogP contribution in [0.1, 0.15) is 45.1 Å². The van der Waals surface area contributed by atoms with Gasteiger partial charge in [-0.05, 0) is 48.9 Å². The van der Waals surface area contributed by atoms with Crippen molar-refractivity contribution in [2.45, 2.75) is 45.7 Å². The maximum atomic E-state index is 12.9. The largest absolute Gasteiger partial charge is 0.400 e. The Balaban J connectivity index is 0.00000260. The number of aliphatic imine (C=N–C) groups is 1. The molecule has 0 aliphatic heterocycles. The number of carbonyl (C=O) groups excluding carboxylic acids is 2. The van der Waals surface area contributed by atoms with Crippen LogP contribution in [0.5, 0.6) is 0 Å². The molecule has 0 unspecified atom stereocenters. The molecule has 0 heterocycles. The lowest BCUT2D eigenvalue weighted by atomic mass is 9.90. The summed E-state index contributed by atoms with van der Waals surface area (Å²) in [6.07, 6.45) is -5.20. The van der Waals surface area contributed by atoms with Crippen LogP contribution in [0.15, 0.2) is 64.8 Å².